The Morgan fingerprint density at radius 2 is 1.60 bits per heavy atom. The van der Waals surface area contributed by atoms with Crippen molar-refractivity contribution in [2.75, 3.05) is 0 Å². The molecule has 0 heterocycles. The van der Waals surface area contributed by atoms with E-state index in [0.717, 1.165) is 0 Å². The van der Waals surface area contributed by atoms with Gasteiger partial charge < -0.3 is 0 Å². The molecule has 1 heteroatoms. The molecule has 0 bridgehead atoms. The first-order valence-electron chi connectivity index (χ1n) is 2.73. The molecule has 0 radical (unpaired) electrons. The van der Waals surface area contributed by atoms with Gasteiger partial charge in [-0.1, -0.05) is 0 Å². The van der Waals surface area contributed by atoms with Crippen molar-refractivity contribution in [1.82, 2.24) is 0 Å². The zero-order chi connectivity index (χ0) is 6.95. The third-order valence-corrected chi connectivity index (χ3v) is 0.607. The zero-order valence-corrected chi connectivity index (χ0v) is 7.25. The van der Waals surface area contributed by atoms with Crippen molar-refractivity contribution >= 4 is 0 Å². The molecule has 0 aliphatic rings. The van der Waals surface area contributed by atoms with Gasteiger partial charge >= 0.3 is 20.4 Å². The summed E-state index contributed by atoms with van der Waals surface area (Å²) in [7, 11) is 0. The van der Waals surface area contributed by atoms with Gasteiger partial charge in [0.1, 0.15) is 0 Å². The van der Waals surface area contributed by atoms with Gasteiger partial charge in [0, 0.05) is 0 Å². The van der Waals surface area contributed by atoms with Crippen molar-refractivity contribution in [1.29, 1.82) is 0 Å². The molecule has 0 atom stereocenters. The molecule has 0 spiro atoms. The molecule has 1 aromatic rings. The van der Waals surface area contributed by atoms with E-state index in [1.165, 1.54) is 6.08 Å². The average Bonchev–Trinajstić information content (AvgIpc) is 1.93. The second-order valence-electron chi connectivity index (χ2n) is 1.37. The Kier molecular flexibility index (Phi) is 13.8. The van der Waals surface area contributed by atoms with Crippen LogP contribution in [-0.4, -0.2) is 0 Å². The van der Waals surface area contributed by atoms with Crippen molar-refractivity contribution in [2.24, 2.45) is 0 Å². The van der Waals surface area contributed by atoms with E-state index in [1.54, 1.807) is 0 Å². The molecule has 0 aliphatic heterocycles. The largest absolute Gasteiger partial charge is 2.00 e. The fraction of sp³-hybridized carbons (Fsp3) is 0. The van der Waals surface area contributed by atoms with E-state index in [-0.39, 0.29) is 20.4 Å². The number of allylic oxidation sites excluding steroid dienone is 1. The molecule has 0 nitrogen and oxygen atoms in total. The predicted octanol–water partition coefficient (Wildman–Crippen LogP) is 2.49. The van der Waals surface area contributed by atoms with Crippen molar-refractivity contribution < 1.29 is 20.4 Å². The molecule has 0 unspecified atom stereocenters. The van der Waals surface area contributed by atoms with Crippen molar-refractivity contribution in [3.8, 4) is 0 Å². The minimum atomic E-state index is 0. The molecular weight excluding hydrogens is 215 g/mol. The van der Waals surface area contributed by atoms with Crippen LogP contribution < -0.4 is 0 Å². The third-order valence-electron chi connectivity index (χ3n) is 0.607. The summed E-state index contributed by atoms with van der Waals surface area (Å²) in [6.07, 6.45) is 1.50. The maximum Gasteiger partial charge on any atom is 2.00 e. The van der Waals surface area contributed by atoms with E-state index in [2.05, 4.69) is 19.6 Å². The van der Waals surface area contributed by atoms with E-state index in [9.17, 15) is 0 Å². The van der Waals surface area contributed by atoms with Crippen LogP contribution in [0.1, 0.15) is 0 Å². The van der Waals surface area contributed by atoms with Crippen LogP contribution in [0.4, 0.5) is 0 Å². The molecule has 0 aromatic heterocycles. The van der Waals surface area contributed by atoms with Crippen LogP contribution in [0, 0.1) is 13.0 Å². The number of hydrogen-bond acceptors (Lipinski definition) is 0. The SMILES string of the molecule is C=C[CH2-].[Pd+2].[c-]1ccccc1. The average molecular weight is 225 g/mol. The summed E-state index contributed by atoms with van der Waals surface area (Å²) < 4.78 is 0. The van der Waals surface area contributed by atoms with Crippen LogP contribution in [0.5, 0.6) is 0 Å². The first kappa shape index (κ1) is 12.2. The molecule has 0 N–H and O–H groups in total. The minimum absolute atomic E-state index is 0. The topological polar surface area (TPSA) is 0 Å². The monoisotopic (exact) mass is 224 g/mol. The Balaban J connectivity index is 0. The zero-order valence-electron chi connectivity index (χ0n) is 5.69. The van der Waals surface area contributed by atoms with E-state index < -0.39 is 0 Å². The second kappa shape index (κ2) is 11.3. The predicted molar refractivity (Wildman–Crippen MR) is 40.8 cm³/mol. The smallest absolute Gasteiger partial charge is 0.245 e. The normalized spacial score (nSPS) is 6.00. The van der Waals surface area contributed by atoms with Gasteiger partial charge in [0.2, 0.25) is 0 Å². The van der Waals surface area contributed by atoms with Crippen LogP contribution >= 0.6 is 0 Å². The van der Waals surface area contributed by atoms with Gasteiger partial charge in [-0.2, -0.15) is 36.4 Å². The molecule has 0 amide bonds. The Labute approximate surface area is 76.6 Å². The number of rotatable bonds is 0. The maximum absolute atomic E-state index is 3.25. The van der Waals surface area contributed by atoms with Crippen molar-refractivity contribution in [3.05, 3.63) is 56.0 Å². The van der Waals surface area contributed by atoms with Crippen LogP contribution in [0.15, 0.2) is 43.0 Å². The summed E-state index contributed by atoms with van der Waals surface area (Å²) in [6, 6.07) is 12.5. The summed E-state index contributed by atoms with van der Waals surface area (Å²) in [6.45, 7) is 6.50. The minimum Gasteiger partial charge on any atom is -0.245 e. The first-order valence-corrected chi connectivity index (χ1v) is 2.73. The summed E-state index contributed by atoms with van der Waals surface area (Å²) in [5.41, 5.74) is 0. The third kappa shape index (κ3) is 10.5. The Bertz CT molecular complexity index is 108. The van der Waals surface area contributed by atoms with Gasteiger partial charge in [-0.3, -0.25) is 0 Å². The van der Waals surface area contributed by atoms with E-state index >= 15 is 0 Å². The summed E-state index contributed by atoms with van der Waals surface area (Å²) in [5.74, 6) is 0. The maximum atomic E-state index is 3.25. The Hall–Kier alpha value is -0.508. The standard InChI is InChI=1S/C6H5.C3H5.Pd/c1-2-4-6-5-3-1;1-3-2;/h1-5H;3H,1-2H2;/q2*-1;+2. The molecule has 0 aliphatic carbocycles. The van der Waals surface area contributed by atoms with Gasteiger partial charge in [-0.05, 0) is 0 Å². The molecule has 0 saturated heterocycles. The van der Waals surface area contributed by atoms with Crippen LogP contribution in [0.3, 0.4) is 0 Å². The summed E-state index contributed by atoms with van der Waals surface area (Å²) in [4.78, 5) is 0. The fourth-order valence-electron chi connectivity index (χ4n) is 0.342. The van der Waals surface area contributed by atoms with Crippen LogP contribution in [0.2, 0.25) is 0 Å². The second-order valence-corrected chi connectivity index (χ2v) is 1.37. The van der Waals surface area contributed by atoms with Crippen molar-refractivity contribution in [3.63, 3.8) is 0 Å². The summed E-state index contributed by atoms with van der Waals surface area (Å²) >= 11 is 0. The Morgan fingerprint density at radius 1 is 1.20 bits per heavy atom. The first-order chi connectivity index (χ1) is 4.41. The van der Waals surface area contributed by atoms with E-state index in [0.29, 0.717) is 0 Å². The summed E-state index contributed by atoms with van der Waals surface area (Å²) in [5, 5.41) is 0. The van der Waals surface area contributed by atoms with Gasteiger partial charge in [0.15, 0.2) is 0 Å². The van der Waals surface area contributed by atoms with E-state index in [4.69, 9.17) is 0 Å². The van der Waals surface area contributed by atoms with Gasteiger partial charge in [-0.15, -0.1) is 0 Å². The fourth-order valence-corrected chi connectivity index (χ4v) is 0.342. The van der Waals surface area contributed by atoms with Crippen LogP contribution in [0.25, 0.3) is 0 Å². The van der Waals surface area contributed by atoms with Gasteiger partial charge in [0.05, 0.1) is 0 Å². The number of benzene rings is 1. The molecule has 0 saturated carbocycles. The van der Waals surface area contributed by atoms with E-state index in [1.807, 2.05) is 30.3 Å². The molecule has 1 aromatic carbocycles. The molecular formula is C9H10Pd. The van der Waals surface area contributed by atoms with Crippen LogP contribution in [-0.2, 0) is 20.4 Å². The van der Waals surface area contributed by atoms with Gasteiger partial charge in [-0.25, -0.2) is 19.6 Å². The molecule has 0 fully saturated rings. The quantitative estimate of drug-likeness (QED) is 0.469. The number of hydrogen-bond donors (Lipinski definition) is 0. The molecule has 56 valence electrons. The Morgan fingerprint density at radius 3 is 1.70 bits per heavy atom. The molecule has 10 heavy (non-hydrogen) atoms. The van der Waals surface area contributed by atoms with Crippen molar-refractivity contribution in [2.45, 2.75) is 0 Å². The van der Waals surface area contributed by atoms with Gasteiger partial charge in [0.25, 0.3) is 0 Å². The molecule has 1 rings (SSSR count).